The van der Waals surface area contributed by atoms with Crippen LogP contribution in [-0.4, -0.2) is 50.3 Å². The zero-order chi connectivity index (χ0) is 56.2. The first-order chi connectivity index (χ1) is 39.7. The first kappa shape index (κ1) is 58.5. The van der Waals surface area contributed by atoms with Gasteiger partial charge >= 0.3 is 23.9 Å². The molecule has 0 amide bonds. The number of hydrogen-bond acceptors (Lipinski definition) is 12. The molecule has 0 saturated heterocycles. The van der Waals surface area contributed by atoms with Crippen LogP contribution in [-0.2, 0) is 24.5 Å². The summed E-state index contributed by atoms with van der Waals surface area (Å²) in [5, 5.41) is 0. The second-order valence-corrected chi connectivity index (χ2v) is 19.1. The summed E-state index contributed by atoms with van der Waals surface area (Å²) in [4.78, 5) is 48.4. The van der Waals surface area contributed by atoms with Crippen LogP contribution in [0.1, 0.15) is 102 Å². The van der Waals surface area contributed by atoms with Gasteiger partial charge in [-0.3, -0.25) is 0 Å². The molecule has 0 atom stereocenters. The Kier molecular flexibility index (Phi) is 20.7. The fraction of sp³-hybridized carbons (Fsp3) is 0.200. The van der Waals surface area contributed by atoms with Crippen LogP contribution in [0.15, 0.2) is 219 Å². The number of carbonyl (C=O) groups excluding carboxylic acids is 4. The molecule has 0 spiro atoms. The number of esters is 4. The van der Waals surface area contributed by atoms with Crippen molar-refractivity contribution in [1.29, 1.82) is 0 Å². The van der Waals surface area contributed by atoms with E-state index in [1.54, 1.807) is 97.1 Å². The predicted octanol–water partition coefficient (Wildman–Crippen LogP) is 16.0. The molecule has 0 saturated carbocycles. The highest BCUT2D eigenvalue weighted by molar-refractivity contribution is 5.92. The maximum Gasteiger partial charge on any atom is 0.343 e. The molecule has 0 bridgehead atoms. The average molecular weight is 1100 g/mol. The highest BCUT2D eigenvalue weighted by Gasteiger charge is 2.46. The van der Waals surface area contributed by atoms with Gasteiger partial charge in [0.25, 0.3) is 0 Å². The Balaban J connectivity index is 0.00000880. The molecule has 418 valence electrons. The maximum absolute atomic E-state index is 13.0. The Hall–Kier alpha value is -9.68. The molecule has 8 aromatic rings. The van der Waals surface area contributed by atoms with Crippen molar-refractivity contribution in [3.63, 3.8) is 0 Å². The van der Waals surface area contributed by atoms with E-state index in [0.717, 1.165) is 96.9 Å². The largest absolute Gasteiger partial charge is 0.494 e. The number of carbonyl (C=O) groups is 4. The first-order valence-corrected chi connectivity index (χ1v) is 27.1. The molecular formula is C70H66O12. The van der Waals surface area contributed by atoms with E-state index in [-0.39, 0.29) is 7.43 Å². The van der Waals surface area contributed by atoms with Gasteiger partial charge in [-0.2, -0.15) is 0 Å². The summed E-state index contributed by atoms with van der Waals surface area (Å²) in [6, 6.07) is 61.0. The molecule has 8 aromatic carbocycles. The lowest BCUT2D eigenvalue weighted by molar-refractivity contribution is -0.138. The van der Waals surface area contributed by atoms with Gasteiger partial charge in [0, 0.05) is 12.2 Å². The lowest BCUT2D eigenvalue weighted by Crippen LogP contribution is -2.28. The smallest absolute Gasteiger partial charge is 0.343 e. The molecule has 12 heteroatoms. The number of ether oxygens (including phenoxy) is 8. The van der Waals surface area contributed by atoms with E-state index in [2.05, 4.69) is 86.0 Å². The van der Waals surface area contributed by atoms with Crippen molar-refractivity contribution in [3.05, 3.63) is 253 Å². The molecule has 1 aliphatic rings. The summed E-state index contributed by atoms with van der Waals surface area (Å²) in [6.45, 7) is 8.63. The average Bonchev–Trinajstić information content (AvgIpc) is 2.22. The van der Waals surface area contributed by atoms with Crippen LogP contribution in [0.2, 0.25) is 0 Å². The molecule has 0 unspecified atom stereocenters. The molecule has 9 rings (SSSR count). The Labute approximate surface area is 479 Å². The molecule has 0 fully saturated rings. The van der Waals surface area contributed by atoms with E-state index in [1.807, 2.05) is 24.3 Å². The minimum atomic E-state index is -0.666. The monoisotopic (exact) mass is 1100 g/mol. The number of hydrogen-bond donors (Lipinski definition) is 0. The van der Waals surface area contributed by atoms with Crippen molar-refractivity contribution < 1.29 is 57.1 Å². The van der Waals surface area contributed by atoms with Gasteiger partial charge in [0.2, 0.25) is 0 Å². The molecule has 0 N–H and O–H groups in total. The zero-order valence-electron chi connectivity index (χ0n) is 44.9. The van der Waals surface area contributed by atoms with E-state index in [4.69, 9.17) is 37.9 Å². The molecule has 0 radical (unpaired) electrons. The van der Waals surface area contributed by atoms with E-state index in [1.165, 1.54) is 0 Å². The van der Waals surface area contributed by atoms with Gasteiger partial charge in [-0.25, -0.2) is 19.2 Å². The molecule has 0 heterocycles. The van der Waals surface area contributed by atoms with Gasteiger partial charge in [-0.05, 0) is 206 Å². The molecule has 0 aliphatic heterocycles. The summed E-state index contributed by atoms with van der Waals surface area (Å²) >= 11 is 0. The van der Waals surface area contributed by atoms with Crippen LogP contribution >= 0.6 is 0 Å². The third kappa shape index (κ3) is 15.0. The quantitative estimate of drug-likeness (QED) is 0.0199. The summed E-state index contributed by atoms with van der Waals surface area (Å²) in [5.41, 5.74) is 6.88. The van der Waals surface area contributed by atoms with Crippen LogP contribution in [0, 0.1) is 0 Å². The van der Waals surface area contributed by atoms with Crippen LogP contribution in [0.4, 0.5) is 0 Å². The maximum atomic E-state index is 13.0. The van der Waals surface area contributed by atoms with Crippen molar-refractivity contribution in [3.8, 4) is 57.1 Å². The fourth-order valence-corrected chi connectivity index (χ4v) is 9.66. The van der Waals surface area contributed by atoms with E-state index >= 15 is 0 Å². The highest BCUT2D eigenvalue weighted by atomic mass is 16.5. The van der Waals surface area contributed by atoms with E-state index < -0.39 is 29.3 Å². The summed E-state index contributed by atoms with van der Waals surface area (Å²) < 4.78 is 45.7. The van der Waals surface area contributed by atoms with Crippen LogP contribution in [0.25, 0.3) is 11.1 Å². The lowest BCUT2D eigenvalue weighted by atomic mass is 9.68. The standard InChI is InChI=1S/C69H62O12.CH4/c1-3-65(70)76-47-15-7-5-13-45-74-53-29-21-49(22-30-53)67(72)80-59-41-37-57(38-42-59)78-55-33-25-51(26-34-55)69(63-19-11-9-17-61(63)62-18-10-12-20-64(62)69)52-27-35-56(36-28-52)79-58-39-43-60(44-40-58)81-68(73)50-23-31-54(32-24-50)75-46-14-6-8-16-48-77-66(71)4-2;/h3-4,9-12,17-44H,1-2,5-8,13-16,45-48H2;1H4. The molecule has 82 heavy (non-hydrogen) atoms. The minimum Gasteiger partial charge on any atom is -0.494 e. The van der Waals surface area contributed by atoms with Gasteiger partial charge < -0.3 is 37.9 Å². The van der Waals surface area contributed by atoms with Gasteiger partial charge in [-0.15, -0.1) is 0 Å². The SMILES string of the molecule is C.C=CC(=O)OCCCCCCOc1ccc(C(=O)Oc2ccc(Oc3ccc(C4(c5ccc(Oc6ccc(OC(=O)c7ccc(OCCCCCCOC(=O)C=C)cc7)cc6)cc5)c5ccccc5-c5ccccc54)cc3)cc2)cc1. The van der Waals surface area contributed by atoms with Crippen molar-refractivity contribution >= 4 is 23.9 Å². The Morgan fingerprint density at radius 1 is 0.354 bits per heavy atom. The highest BCUT2D eigenvalue weighted by Crippen LogP contribution is 2.56. The fourth-order valence-electron chi connectivity index (χ4n) is 9.66. The Bertz CT molecular complexity index is 3170. The van der Waals surface area contributed by atoms with Crippen molar-refractivity contribution in [2.24, 2.45) is 0 Å². The third-order valence-electron chi connectivity index (χ3n) is 13.7. The summed E-state index contributed by atoms with van der Waals surface area (Å²) in [7, 11) is 0. The molecule has 1 aliphatic carbocycles. The Morgan fingerprint density at radius 3 is 1.01 bits per heavy atom. The summed E-state index contributed by atoms with van der Waals surface area (Å²) in [6.07, 6.45) is 9.34. The molecule has 12 nitrogen and oxygen atoms in total. The summed E-state index contributed by atoms with van der Waals surface area (Å²) in [5.74, 6) is 2.72. The van der Waals surface area contributed by atoms with Gasteiger partial charge in [0.15, 0.2) is 0 Å². The van der Waals surface area contributed by atoms with E-state index in [9.17, 15) is 19.2 Å². The lowest BCUT2D eigenvalue weighted by Gasteiger charge is -2.34. The van der Waals surface area contributed by atoms with Crippen molar-refractivity contribution in [2.75, 3.05) is 26.4 Å². The van der Waals surface area contributed by atoms with Crippen molar-refractivity contribution in [1.82, 2.24) is 0 Å². The van der Waals surface area contributed by atoms with Gasteiger partial charge in [0.1, 0.15) is 46.0 Å². The number of unbranched alkanes of at least 4 members (excludes halogenated alkanes) is 6. The number of rotatable bonds is 28. The Morgan fingerprint density at radius 2 is 0.659 bits per heavy atom. The van der Waals surface area contributed by atoms with E-state index in [0.29, 0.717) is 83.6 Å². The number of fused-ring (bicyclic) bond motifs is 3. The predicted molar refractivity (Wildman–Crippen MR) is 317 cm³/mol. The van der Waals surface area contributed by atoms with Crippen LogP contribution < -0.4 is 28.4 Å². The first-order valence-electron chi connectivity index (χ1n) is 27.1. The van der Waals surface area contributed by atoms with Crippen LogP contribution in [0.3, 0.4) is 0 Å². The topological polar surface area (TPSA) is 142 Å². The molecule has 0 aromatic heterocycles. The van der Waals surface area contributed by atoms with Crippen LogP contribution in [0.5, 0.6) is 46.0 Å². The second kappa shape index (κ2) is 29.0. The molecular weight excluding hydrogens is 1030 g/mol. The normalized spacial score (nSPS) is 11.6. The third-order valence-corrected chi connectivity index (χ3v) is 13.7. The zero-order valence-corrected chi connectivity index (χ0v) is 44.9. The van der Waals surface area contributed by atoms with Gasteiger partial charge in [0.05, 0.1) is 43.0 Å². The number of benzene rings is 8. The minimum absolute atomic E-state index is 0. The second-order valence-electron chi connectivity index (χ2n) is 19.1. The van der Waals surface area contributed by atoms with Crippen molar-refractivity contribution in [2.45, 2.75) is 64.2 Å². The van der Waals surface area contributed by atoms with Gasteiger partial charge in [-0.1, -0.05) is 93.4 Å².